The van der Waals surface area contributed by atoms with Crippen LogP contribution >= 0.6 is 23.2 Å². The van der Waals surface area contributed by atoms with Gasteiger partial charge in [0.1, 0.15) is 23.1 Å². The minimum atomic E-state index is -0.706. The maximum Gasteiger partial charge on any atom is 0.411 e. The number of ether oxygens (including phenoxy) is 2. The van der Waals surface area contributed by atoms with Crippen molar-refractivity contribution < 1.29 is 19.1 Å². The lowest BCUT2D eigenvalue weighted by molar-refractivity contribution is -0.135. The van der Waals surface area contributed by atoms with E-state index >= 15 is 0 Å². The van der Waals surface area contributed by atoms with Gasteiger partial charge in [-0.25, -0.2) is 9.48 Å². The Balaban J connectivity index is 1.40. The Morgan fingerprint density at radius 3 is 2.43 bits per heavy atom. The summed E-state index contributed by atoms with van der Waals surface area (Å²) in [6.07, 6.45) is 1.66. The van der Waals surface area contributed by atoms with Gasteiger partial charge in [-0.3, -0.25) is 9.69 Å². The van der Waals surface area contributed by atoms with Crippen LogP contribution in [0.4, 0.5) is 4.79 Å². The summed E-state index contributed by atoms with van der Waals surface area (Å²) in [5.74, 6) is 0.810. The van der Waals surface area contributed by atoms with Gasteiger partial charge >= 0.3 is 6.09 Å². The summed E-state index contributed by atoms with van der Waals surface area (Å²) in [6.45, 7) is 11.2. The summed E-state index contributed by atoms with van der Waals surface area (Å²) >= 11 is 12.4. The Labute approximate surface area is 256 Å². The van der Waals surface area contributed by atoms with E-state index in [4.69, 9.17) is 32.7 Å². The minimum absolute atomic E-state index is 0.0937. The molecule has 2 unspecified atom stereocenters. The van der Waals surface area contributed by atoms with Gasteiger partial charge in [0.15, 0.2) is 0 Å². The first kappa shape index (κ1) is 30.2. The third kappa shape index (κ3) is 6.37. The minimum Gasteiger partial charge on any atom is -0.497 e. The van der Waals surface area contributed by atoms with Crippen molar-refractivity contribution in [2.75, 3.05) is 26.7 Å². The van der Waals surface area contributed by atoms with E-state index < -0.39 is 17.7 Å². The van der Waals surface area contributed by atoms with E-state index in [9.17, 15) is 9.59 Å². The Morgan fingerprint density at radius 2 is 1.76 bits per heavy atom. The number of hydrogen-bond acceptors (Lipinski definition) is 6. The van der Waals surface area contributed by atoms with E-state index in [0.29, 0.717) is 35.2 Å². The van der Waals surface area contributed by atoms with Crippen LogP contribution in [0.5, 0.6) is 5.75 Å². The zero-order valence-electron chi connectivity index (χ0n) is 24.8. The van der Waals surface area contributed by atoms with Crippen molar-refractivity contribution in [1.29, 1.82) is 0 Å². The highest BCUT2D eigenvalue weighted by Crippen LogP contribution is 2.44. The van der Waals surface area contributed by atoms with Gasteiger partial charge in [0.25, 0.3) is 0 Å². The third-order valence-electron chi connectivity index (χ3n) is 7.99. The molecule has 0 N–H and O–H groups in total. The number of aromatic nitrogens is 3. The number of carbonyl (C=O) groups is 2. The number of hydrogen-bond donors (Lipinski definition) is 0. The Morgan fingerprint density at radius 1 is 1.05 bits per heavy atom. The van der Waals surface area contributed by atoms with Crippen LogP contribution in [0.25, 0.3) is 11.3 Å². The quantitative estimate of drug-likeness (QED) is 0.328. The van der Waals surface area contributed by atoms with Crippen molar-refractivity contribution in [2.24, 2.45) is 5.41 Å². The summed E-state index contributed by atoms with van der Waals surface area (Å²) in [6, 6.07) is 12.2. The van der Waals surface area contributed by atoms with E-state index in [-0.39, 0.29) is 29.8 Å². The third-order valence-corrected chi connectivity index (χ3v) is 8.42. The molecule has 0 saturated carbocycles. The first-order valence-corrected chi connectivity index (χ1v) is 14.8. The molecular formula is C31H37Cl2N5O4. The average molecular weight is 615 g/mol. The largest absolute Gasteiger partial charge is 0.497 e. The summed E-state index contributed by atoms with van der Waals surface area (Å²) in [7, 11) is 1.65. The van der Waals surface area contributed by atoms with Crippen molar-refractivity contribution >= 4 is 35.2 Å². The fraction of sp³-hybridized carbons (Fsp3) is 0.484. The predicted octanol–water partition coefficient (Wildman–Crippen LogP) is 6.46. The number of halogens is 2. The van der Waals surface area contributed by atoms with Crippen LogP contribution < -0.4 is 4.74 Å². The number of methoxy groups -OCH3 is 1. The molecule has 2 saturated heterocycles. The summed E-state index contributed by atoms with van der Waals surface area (Å²) < 4.78 is 12.9. The van der Waals surface area contributed by atoms with E-state index in [0.717, 1.165) is 16.9 Å². The predicted molar refractivity (Wildman–Crippen MR) is 162 cm³/mol. The second-order valence-electron chi connectivity index (χ2n) is 12.8. The van der Waals surface area contributed by atoms with Gasteiger partial charge in [0.2, 0.25) is 5.91 Å². The zero-order chi connectivity index (χ0) is 30.4. The average Bonchev–Trinajstić information content (AvgIpc) is 3.63. The normalized spacial score (nSPS) is 22.0. The number of likely N-dealkylation sites (tertiary alicyclic amines) is 2. The number of nitrogens with zero attached hydrogens (tertiary/aromatic N) is 5. The second-order valence-corrected chi connectivity index (χ2v) is 13.7. The van der Waals surface area contributed by atoms with Crippen LogP contribution in [-0.2, 0) is 9.53 Å². The van der Waals surface area contributed by atoms with Crippen molar-refractivity contribution in [3.8, 4) is 17.0 Å². The molecule has 11 heteroatoms. The molecule has 42 heavy (non-hydrogen) atoms. The summed E-state index contributed by atoms with van der Waals surface area (Å²) in [4.78, 5) is 31.0. The van der Waals surface area contributed by atoms with Gasteiger partial charge in [-0.2, -0.15) is 0 Å². The number of amides is 2. The lowest BCUT2D eigenvalue weighted by Crippen LogP contribution is -2.48. The second kappa shape index (κ2) is 11.4. The molecule has 2 amide bonds. The van der Waals surface area contributed by atoms with Crippen LogP contribution in [-0.4, -0.2) is 75.2 Å². The van der Waals surface area contributed by atoms with Crippen molar-refractivity contribution in [1.82, 2.24) is 24.8 Å². The molecule has 0 spiro atoms. The maximum absolute atomic E-state index is 14.2. The highest BCUT2D eigenvalue weighted by Gasteiger charge is 2.48. The smallest absolute Gasteiger partial charge is 0.411 e. The highest BCUT2D eigenvalue weighted by molar-refractivity contribution is 6.35. The van der Waals surface area contributed by atoms with Crippen molar-refractivity contribution in [3.63, 3.8) is 0 Å². The molecule has 2 fully saturated rings. The lowest BCUT2D eigenvalue weighted by atomic mass is 9.78. The van der Waals surface area contributed by atoms with Gasteiger partial charge in [-0.1, -0.05) is 54.4 Å². The first-order chi connectivity index (χ1) is 19.7. The number of rotatable bonds is 5. The molecule has 0 bridgehead atoms. The van der Waals surface area contributed by atoms with E-state index in [1.54, 1.807) is 41.1 Å². The molecular weight excluding hydrogens is 577 g/mol. The van der Waals surface area contributed by atoms with Gasteiger partial charge < -0.3 is 14.4 Å². The fourth-order valence-corrected chi connectivity index (χ4v) is 6.50. The molecule has 2 aliphatic rings. The van der Waals surface area contributed by atoms with Crippen LogP contribution in [0.15, 0.2) is 48.7 Å². The zero-order valence-corrected chi connectivity index (χ0v) is 26.3. The molecule has 2 aliphatic heterocycles. The monoisotopic (exact) mass is 613 g/mol. The first-order valence-electron chi connectivity index (χ1n) is 14.0. The lowest BCUT2D eigenvalue weighted by Gasteiger charge is -2.30. The van der Waals surface area contributed by atoms with Crippen LogP contribution in [0.3, 0.4) is 0 Å². The van der Waals surface area contributed by atoms with Gasteiger partial charge in [-0.05, 0) is 62.1 Å². The standard InChI is InChI=1S/C31H37Cl2N5O4/c1-30(2,3)42-29(40)37-15-23(38-17-26(34-35-38)20-10-21(32)13-22(33)11-20)14-27(37)28(39)36-16-25(31(4,5)18-36)19-8-7-9-24(12-19)41-6/h7-13,17,23,25,27H,14-16,18H2,1-6H3/t23?,25?,27-/m0/s1. The van der Waals surface area contributed by atoms with Crippen molar-refractivity contribution in [2.45, 2.75) is 64.6 Å². The fourth-order valence-electron chi connectivity index (χ4n) is 5.98. The number of carbonyl (C=O) groups excluding carboxylic acids is 2. The van der Waals surface area contributed by atoms with E-state index in [2.05, 4.69) is 30.2 Å². The molecule has 3 aromatic rings. The van der Waals surface area contributed by atoms with E-state index in [1.165, 1.54) is 0 Å². The van der Waals surface area contributed by atoms with Gasteiger partial charge in [-0.15, -0.1) is 5.10 Å². The Kier molecular flexibility index (Phi) is 8.20. The molecule has 3 atom stereocenters. The molecule has 224 valence electrons. The summed E-state index contributed by atoms with van der Waals surface area (Å²) in [5, 5.41) is 9.66. The van der Waals surface area contributed by atoms with E-state index in [1.807, 2.05) is 43.9 Å². The van der Waals surface area contributed by atoms with Crippen LogP contribution in [0, 0.1) is 5.41 Å². The van der Waals surface area contributed by atoms with Crippen molar-refractivity contribution in [3.05, 3.63) is 64.3 Å². The Hall–Kier alpha value is -3.30. The van der Waals surface area contributed by atoms with Crippen LogP contribution in [0.1, 0.15) is 58.6 Å². The SMILES string of the molecule is COc1cccc(C2CN(C(=O)[C@@H]3CC(n4cc(-c5cc(Cl)cc(Cl)c5)nn4)CN3C(=O)OC(C)(C)C)CC2(C)C)c1. The molecule has 1 aromatic heterocycles. The number of benzene rings is 2. The molecule has 5 rings (SSSR count). The van der Waals surface area contributed by atoms with Gasteiger partial charge in [0.05, 0.1) is 19.3 Å². The molecule has 2 aromatic carbocycles. The van der Waals surface area contributed by atoms with Crippen LogP contribution in [0.2, 0.25) is 10.0 Å². The Bertz CT molecular complexity index is 1460. The molecule has 0 aliphatic carbocycles. The molecule has 9 nitrogen and oxygen atoms in total. The van der Waals surface area contributed by atoms with Gasteiger partial charge in [0, 0.05) is 47.6 Å². The highest BCUT2D eigenvalue weighted by atomic mass is 35.5. The maximum atomic E-state index is 14.2. The topological polar surface area (TPSA) is 89.8 Å². The molecule has 0 radical (unpaired) electrons. The molecule has 3 heterocycles. The summed E-state index contributed by atoms with van der Waals surface area (Å²) in [5.41, 5.74) is 1.58.